The number of rotatable bonds is 5. The monoisotopic (exact) mass is 632 g/mol. The van der Waals surface area contributed by atoms with Crippen LogP contribution in [-0.2, 0) is 10.8 Å². The van der Waals surface area contributed by atoms with E-state index in [1.54, 1.807) is 0 Å². The molecule has 2 aliphatic carbocycles. The van der Waals surface area contributed by atoms with Crippen molar-refractivity contribution in [1.82, 2.24) is 15.0 Å². The van der Waals surface area contributed by atoms with Crippen molar-refractivity contribution in [1.29, 1.82) is 0 Å². The van der Waals surface area contributed by atoms with E-state index in [4.69, 9.17) is 15.0 Å². The molecule has 0 radical (unpaired) electrons. The highest BCUT2D eigenvalue weighted by Crippen LogP contribution is 2.51. The molecule has 0 unspecified atom stereocenters. The second-order valence-corrected chi connectivity index (χ2v) is 14.2. The first-order chi connectivity index (χ1) is 23.8. The molecule has 2 aliphatic rings. The van der Waals surface area contributed by atoms with Crippen LogP contribution in [0, 0.1) is 0 Å². The number of fused-ring (bicyclic) bond motifs is 6. The number of anilines is 3. The Morgan fingerprint density at radius 2 is 0.918 bits per heavy atom. The fourth-order valence-corrected chi connectivity index (χ4v) is 7.96. The Bertz CT molecular complexity index is 2390. The molecule has 0 saturated carbocycles. The molecule has 0 amide bonds. The quantitative estimate of drug-likeness (QED) is 0.189. The first-order valence-electron chi connectivity index (χ1n) is 17.0. The van der Waals surface area contributed by atoms with E-state index in [1.165, 1.54) is 44.5 Å². The topological polar surface area (TPSA) is 41.9 Å². The lowest BCUT2D eigenvalue weighted by molar-refractivity contribution is 0.660. The van der Waals surface area contributed by atoms with E-state index >= 15 is 0 Å². The number of hydrogen-bond donors (Lipinski definition) is 0. The van der Waals surface area contributed by atoms with Gasteiger partial charge in [-0.2, -0.15) is 9.97 Å². The van der Waals surface area contributed by atoms with E-state index in [-0.39, 0.29) is 10.8 Å². The van der Waals surface area contributed by atoms with E-state index < -0.39 is 0 Å². The third-order valence-corrected chi connectivity index (χ3v) is 10.5. The molecule has 9 rings (SSSR count). The Labute approximate surface area is 287 Å². The van der Waals surface area contributed by atoms with Gasteiger partial charge in [0.25, 0.3) is 0 Å². The third kappa shape index (κ3) is 4.55. The second-order valence-electron chi connectivity index (χ2n) is 14.2. The van der Waals surface area contributed by atoms with Crippen molar-refractivity contribution in [2.24, 2.45) is 0 Å². The molecule has 0 saturated heterocycles. The minimum absolute atomic E-state index is 0.0744. The smallest absolute Gasteiger partial charge is 0.238 e. The first-order valence-corrected chi connectivity index (χ1v) is 17.0. The van der Waals surface area contributed by atoms with Gasteiger partial charge in [0.2, 0.25) is 5.95 Å². The van der Waals surface area contributed by atoms with E-state index in [2.05, 4.69) is 154 Å². The molecule has 1 aromatic heterocycles. The molecule has 0 aliphatic heterocycles. The van der Waals surface area contributed by atoms with E-state index in [1.807, 2.05) is 24.3 Å². The molecule has 0 fully saturated rings. The average molecular weight is 633 g/mol. The van der Waals surface area contributed by atoms with Crippen LogP contribution in [0.4, 0.5) is 17.3 Å². The van der Waals surface area contributed by atoms with Gasteiger partial charge in [0.15, 0.2) is 11.6 Å². The summed E-state index contributed by atoms with van der Waals surface area (Å²) in [6, 6.07) is 51.6. The lowest BCUT2D eigenvalue weighted by Crippen LogP contribution is -2.18. The maximum absolute atomic E-state index is 5.27. The van der Waals surface area contributed by atoms with Crippen LogP contribution in [0.1, 0.15) is 49.9 Å². The van der Waals surface area contributed by atoms with Crippen LogP contribution in [0.15, 0.2) is 146 Å². The predicted molar refractivity (Wildman–Crippen MR) is 201 cm³/mol. The Hall–Kier alpha value is -5.87. The van der Waals surface area contributed by atoms with Gasteiger partial charge < -0.3 is 0 Å². The number of para-hydroxylation sites is 1. The first kappa shape index (κ1) is 29.3. The molecule has 0 bridgehead atoms. The van der Waals surface area contributed by atoms with Crippen molar-refractivity contribution >= 4 is 17.3 Å². The molecule has 7 aromatic rings. The molecule has 0 atom stereocenters. The highest BCUT2D eigenvalue weighted by atomic mass is 15.3. The summed E-state index contributed by atoms with van der Waals surface area (Å²) in [5.74, 6) is 1.85. The summed E-state index contributed by atoms with van der Waals surface area (Å²) in [6.07, 6.45) is 0. The lowest BCUT2D eigenvalue weighted by Gasteiger charge is -2.27. The van der Waals surface area contributed by atoms with Gasteiger partial charge in [-0.05, 0) is 74.8 Å². The van der Waals surface area contributed by atoms with Crippen molar-refractivity contribution in [3.8, 4) is 45.0 Å². The van der Waals surface area contributed by atoms with Crippen LogP contribution in [-0.4, -0.2) is 15.0 Å². The average Bonchev–Trinajstić information content (AvgIpc) is 3.51. The number of hydrogen-bond acceptors (Lipinski definition) is 4. The van der Waals surface area contributed by atoms with Crippen LogP contribution in [0.5, 0.6) is 0 Å². The van der Waals surface area contributed by atoms with Crippen LogP contribution in [0.2, 0.25) is 0 Å². The highest BCUT2D eigenvalue weighted by molar-refractivity contribution is 5.86. The second kappa shape index (κ2) is 10.8. The van der Waals surface area contributed by atoms with Gasteiger partial charge in [-0.25, -0.2) is 4.98 Å². The molecular weight excluding hydrogens is 597 g/mol. The summed E-state index contributed by atoms with van der Waals surface area (Å²) in [5.41, 5.74) is 14.1. The molecule has 6 aromatic carbocycles. The third-order valence-electron chi connectivity index (χ3n) is 10.5. The minimum atomic E-state index is -0.141. The summed E-state index contributed by atoms with van der Waals surface area (Å²) in [7, 11) is 0. The zero-order valence-electron chi connectivity index (χ0n) is 28.1. The predicted octanol–water partition coefficient (Wildman–Crippen LogP) is 11.3. The summed E-state index contributed by atoms with van der Waals surface area (Å²) in [5, 5.41) is 0. The van der Waals surface area contributed by atoms with Crippen molar-refractivity contribution in [2.45, 2.75) is 38.5 Å². The molecule has 0 N–H and O–H groups in total. The van der Waals surface area contributed by atoms with E-state index in [0.29, 0.717) is 17.6 Å². The van der Waals surface area contributed by atoms with Gasteiger partial charge in [-0.1, -0.05) is 143 Å². The standard InChI is InChI=1S/C45H36N4/c1-44(2)38-22-14-12-20-34(38)36-27-30(23-26-39(36)44)42-46-41(29-15-7-5-8-16-29)47-43(48-42)49(31-17-9-6-10-18-31)32-24-25-35-33-19-11-13-21-37(33)45(3,4)40(35)28-32/h5-28H,1-4H3. The molecule has 0 spiro atoms. The molecular formula is C45H36N4. The molecule has 4 nitrogen and oxygen atoms in total. The van der Waals surface area contributed by atoms with Gasteiger partial charge in [-0.15, -0.1) is 0 Å². The molecule has 236 valence electrons. The SMILES string of the molecule is CC1(C)c2ccccc2-c2cc(-c3nc(-c4ccccc4)nc(N(c4ccccc4)c4ccc5c(c4)C(C)(C)c4ccccc4-5)n3)ccc21. The maximum atomic E-state index is 5.27. The van der Waals surface area contributed by atoms with Crippen LogP contribution >= 0.6 is 0 Å². The highest BCUT2D eigenvalue weighted by Gasteiger charge is 2.37. The van der Waals surface area contributed by atoms with Crippen molar-refractivity contribution < 1.29 is 0 Å². The zero-order chi connectivity index (χ0) is 33.3. The van der Waals surface area contributed by atoms with Crippen molar-refractivity contribution in [3.05, 3.63) is 168 Å². The van der Waals surface area contributed by atoms with E-state index in [0.717, 1.165) is 22.5 Å². The minimum Gasteiger partial charge on any atom is -0.279 e. The summed E-state index contributed by atoms with van der Waals surface area (Å²) >= 11 is 0. The van der Waals surface area contributed by atoms with Crippen LogP contribution < -0.4 is 4.90 Å². The van der Waals surface area contributed by atoms with Gasteiger partial charge in [0.1, 0.15) is 0 Å². The molecule has 49 heavy (non-hydrogen) atoms. The molecule has 4 heteroatoms. The lowest BCUT2D eigenvalue weighted by atomic mass is 9.82. The fourth-order valence-electron chi connectivity index (χ4n) is 7.96. The Morgan fingerprint density at radius 1 is 0.388 bits per heavy atom. The van der Waals surface area contributed by atoms with Crippen LogP contribution in [0.3, 0.4) is 0 Å². The van der Waals surface area contributed by atoms with Gasteiger partial charge >= 0.3 is 0 Å². The van der Waals surface area contributed by atoms with Gasteiger partial charge in [-0.3, -0.25) is 4.90 Å². The summed E-state index contributed by atoms with van der Waals surface area (Å²) < 4.78 is 0. The molecule has 1 heterocycles. The Kier molecular flexibility index (Phi) is 6.47. The van der Waals surface area contributed by atoms with Crippen molar-refractivity contribution in [2.75, 3.05) is 4.90 Å². The van der Waals surface area contributed by atoms with Gasteiger partial charge in [0.05, 0.1) is 0 Å². The van der Waals surface area contributed by atoms with Gasteiger partial charge in [0, 0.05) is 33.3 Å². The maximum Gasteiger partial charge on any atom is 0.238 e. The van der Waals surface area contributed by atoms with E-state index in [9.17, 15) is 0 Å². The van der Waals surface area contributed by atoms with Crippen molar-refractivity contribution in [3.63, 3.8) is 0 Å². The number of aromatic nitrogens is 3. The Balaban J connectivity index is 1.25. The zero-order valence-corrected chi connectivity index (χ0v) is 28.1. The van der Waals surface area contributed by atoms with Crippen LogP contribution in [0.25, 0.3) is 45.0 Å². The number of benzene rings is 6. The fraction of sp³-hybridized carbons (Fsp3) is 0.133. The largest absolute Gasteiger partial charge is 0.279 e. The summed E-state index contributed by atoms with van der Waals surface area (Å²) in [6.45, 7) is 9.24. The normalized spacial score (nSPS) is 14.4. The Morgan fingerprint density at radius 3 is 1.61 bits per heavy atom. The summed E-state index contributed by atoms with van der Waals surface area (Å²) in [4.78, 5) is 17.7. The number of nitrogens with zero attached hydrogens (tertiary/aromatic N) is 4.